The van der Waals surface area contributed by atoms with Crippen LogP contribution >= 0.6 is 0 Å². The third-order valence-corrected chi connectivity index (χ3v) is 6.88. The molecule has 4 nitrogen and oxygen atoms in total. The number of H-pyrrole nitrogens is 1. The van der Waals surface area contributed by atoms with Gasteiger partial charge in [0.15, 0.2) is 0 Å². The van der Waals surface area contributed by atoms with Gasteiger partial charge in [0, 0.05) is 19.0 Å². The number of benzene rings is 3. The second-order valence-electron chi connectivity index (χ2n) is 8.86. The highest BCUT2D eigenvalue weighted by Gasteiger charge is 2.29. The Morgan fingerprint density at radius 3 is 2.00 bits per heavy atom. The molecule has 1 N–H and O–H groups in total. The normalized spacial score (nSPS) is 15.5. The van der Waals surface area contributed by atoms with Crippen LogP contribution in [0.4, 0.5) is 8.78 Å². The molecule has 1 aromatic heterocycles. The van der Waals surface area contributed by atoms with Gasteiger partial charge in [0.2, 0.25) is 0 Å². The zero-order valence-electron chi connectivity index (χ0n) is 18.4. The number of imidazole rings is 1. The Hall–Kier alpha value is -3.25. The highest BCUT2D eigenvalue weighted by atomic mass is 19.1. The SMILES string of the molecule is O=c1[nH]c2ccccc2n1CCN1CCC(C(c2ccc(F)cc2)c2ccc(F)cc2)CC1. The van der Waals surface area contributed by atoms with Crippen molar-refractivity contribution in [2.75, 3.05) is 19.6 Å². The number of fused-ring (bicyclic) bond motifs is 1. The van der Waals surface area contributed by atoms with Gasteiger partial charge in [0.25, 0.3) is 0 Å². The highest BCUT2D eigenvalue weighted by Crippen LogP contribution is 2.38. The molecule has 0 saturated carbocycles. The molecule has 1 aliphatic rings. The van der Waals surface area contributed by atoms with Gasteiger partial charge in [-0.15, -0.1) is 0 Å². The molecular weight excluding hydrogens is 420 g/mol. The van der Waals surface area contributed by atoms with Crippen LogP contribution in [-0.2, 0) is 6.54 Å². The molecule has 5 rings (SSSR count). The second kappa shape index (κ2) is 9.32. The lowest BCUT2D eigenvalue weighted by Crippen LogP contribution is -2.38. The fraction of sp³-hybridized carbons (Fsp3) is 0.296. The first-order valence-electron chi connectivity index (χ1n) is 11.5. The minimum atomic E-state index is -0.251. The summed E-state index contributed by atoms with van der Waals surface area (Å²) < 4.78 is 28.9. The lowest BCUT2D eigenvalue weighted by molar-refractivity contribution is 0.170. The molecule has 2 heterocycles. The van der Waals surface area contributed by atoms with Crippen molar-refractivity contribution in [1.29, 1.82) is 0 Å². The maximum Gasteiger partial charge on any atom is 0.326 e. The van der Waals surface area contributed by atoms with Gasteiger partial charge in [-0.25, -0.2) is 13.6 Å². The van der Waals surface area contributed by atoms with E-state index < -0.39 is 0 Å². The summed E-state index contributed by atoms with van der Waals surface area (Å²) in [5.74, 6) is -0.0181. The second-order valence-corrected chi connectivity index (χ2v) is 8.86. The summed E-state index contributed by atoms with van der Waals surface area (Å²) in [5, 5.41) is 0. The maximum atomic E-state index is 13.5. The van der Waals surface area contributed by atoms with E-state index in [2.05, 4.69) is 9.88 Å². The zero-order chi connectivity index (χ0) is 22.8. The highest BCUT2D eigenvalue weighted by molar-refractivity contribution is 5.74. The molecule has 1 aliphatic heterocycles. The molecule has 0 spiro atoms. The Morgan fingerprint density at radius 2 is 1.39 bits per heavy atom. The van der Waals surface area contributed by atoms with Crippen molar-refractivity contribution in [1.82, 2.24) is 14.5 Å². The first-order valence-corrected chi connectivity index (χ1v) is 11.5. The van der Waals surface area contributed by atoms with Gasteiger partial charge < -0.3 is 9.88 Å². The lowest BCUT2D eigenvalue weighted by atomic mass is 9.76. The van der Waals surface area contributed by atoms with E-state index in [0.29, 0.717) is 12.5 Å². The van der Waals surface area contributed by atoms with E-state index in [4.69, 9.17) is 0 Å². The van der Waals surface area contributed by atoms with Crippen molar-refractivity contribution >= 4 is 11.0 Å². The van der Waals surface area contributed by atoms with Gasteiger partial charge in [-0.05, 0) is 79.4 Å². The molecule has 0 amide bonds. The Kier molecular flexibility index (Phi) is 6.09. The summed E-state index contributed by atoms with van der Waals surface area (Å²) >= 11 is 0. The number of hydrogen-bond donors (Lipinski definition) is 1. The van der Waals surface area contributed by atoms with Gasteiger partial charge in [-0.1, -0.05) is 36.4 Å². The summed E-state index contributed by atoms with van der Waals surface area (Å²) in [6.07, 6.45) is 1.98. The van der Waals surface area contributed by atoms with Crippen molar-refractivity contribution in [3.8, 4) is 0 Å². The smallest absolute Gasteiger partial charge is 0.306 e. The topological polar surface area (TPSA) is 41.0 Å². The largest absolute Gasteiger partial charge is 0.326 e. The molecule has 170 valence electrons. The quantitative estimate of drug-likeness (QED) is 0.444. The number of nitrogens with zero attached hydrogens (tertiary/aromatic N) is 2. The fourth-order valence-electron chi connectivity index (χ4n) is 5.16. The van der Waals surface area contributed by atoms with Crippen LogP contribution in [0.25, 0.3) is 11.0 Å². The monoisotopic (exact) mass is 447 g/mol. The molecule has 1 fully saturated rings. The predicted molar refractivity (Wildman–Crippen MR) is 126 cm³/mol. The van der Waals surface area contributed by atoms with E-state index in [-0.39, 0.29) is 23.2 Å². The number of likely N-dealkylation sites (tertiary alicyclic amines) is 1. The average molecular weight is 448 g/mol. The Labute approximate surface area is 191 Å². The van der Waals surface area contributed by atoms with E-state index in [1.807, 2.05) is 48.5 Å². The first-order chi connectivity index (χ1) is 16.1. The Bertz CT molecular complexity index is 1220. The number of nitrogens with one attached hydrogen (secondary N) is 1. The van der Waals surface area contributed by atoms with Crippen LogP contribution in [0.1, 0.15) is 29.9 Å². The summed E-state index contributed by atoms with van der Waals surface area (Å²) in [6.45, 7) is 3.32. The molecule has 0 unspecified atom stereocenters. The molecule has 6 heteroatoms. The molecule has 0 aliphatic carbocycles. The van der Waals surface area contributed by atoms with E-state index in [1.54, 1.807) is 4.57 Å². The molecule has 0 atom stereocenters. The molecule has 3 aromatic carbocycles. The van der Waals surface area contributed by atoms with Gasteiger partial charge in [-0.3, -0.25) is 4.57 Å². The number of aromatic nitrogens is 2. The third kappa shape index (κ3) is 4.62. The maximum absolute atomic E-state index is 13.5. The van der Waals surface area contributed by atoms with Crippen LogP contribution < -0.4 is 5.69 Å². The van der Waals surface area contributed by atoms with E-state index >= 15 is 0 Å². The standard InChI is InChI=1S/C27H27F2N3O/c28-22-9-5-19(6-10-22)26(20-7-11-23(29)12-8-20)21-13-15-31(16-14-21)17-18-32-25-4-2-1-3-24(25)30-27(32)33/h1-12,21,26H,13-18H2,(H,30,33). The molecular formula is C27H27F2N3O. The zero-order valence-corrected chi connectivity index (χ0v) is 18.4. The first kappa shape index (κ1) is 21.6. The van der Waals surface area contributed by atoms with Crippen LogP contribution in [0.3, 0.4) is 0 Å². The minimum absolute atomic E-state index is 0.0706. The van der Waals surface area contributed by atoms with Crippen LogP contribution in [-0.4, -0.2) is 34.1 Å². The molecule has 0 bridgehead atoms. The van der Waals surface area contributed by atoms with Crippen LogP contribution in [0.2, 0.25) is 0 Å². The van der Waals surface area contributed by atoms with Gasteiger partial charge >= 0.3 is 5.69 Å². The van der Waals surface area contributed by atoms with Gasteiger partial charge in [0.1, 0.15) is 11.6 Å². The summed E-state index contributed by atoms with van der Waals surface area (Å²) in [4.78, 5) is 17.7. The van der Waals surface area contributed by atoms with Crippen molar-refractivity contribution in [3.05, 3.63) is 106 Å². The summed E-state index contributed by atoms with van der Waals surface area (Å²) in [7, 11) is 0. The number of halogens is 2. The molecule has 33 heavy (non-hydrogen) atoms. The predicted octanol–water partition coefficient (Wildman–Crippen LogP) is 5.15. The third-order valence-electron chi connectivity index (χ3n) is 6.88. The number of hydrogen-bond acceptors (Lipinski definition) is 2. The van der Waals surface area contributed by atoms with Crippen LogP contribution in [0.15, 0.2) is 77.6 Å². The molecule has 4 aromatic rings. The average Bonchev–Trinajstić information content (AvgIpc) is 3.16. The number of piperidine rings is 1. The minimum Gasteiger partial charge on any atom is -0.306 e. The van der Waals surface area contributed by atoms with Crippen molar-refractivity contribution < 1.29 is 8.78 Å². The Balaban J connectivity index is 1.28. The van der Waals surface area contributed by atoms with Gasteiger partial charge in [-0.2, -0.15) is 0 Å². The number of rotatable bonds is 6. The van der Waals surface area contributed by atoms with E-state index in [9.17, 15) is 13.6 Å². The van der Waals surface area contributed by atoms with Crippen molar-refractivity contribution in [3.63, 3.8) is 0 Å². The number of aromatic amines is 1. The Morgan fingerprint density at radius 1 is 0.818 bits per heavy atom. The fourth-order valence-corrected chi connectivity index (χ4v) is 5.16. The summed E-state index contributed by atoms with van der Waals surface area (Å²) in [6, 6.07) is 21.1. The summed E-state index contributed by atoms with van der Waals surface area (Å²) in [5.41, 5.74) is 3.85. The molecule has 0 radical (unpaired) electrons. The van der Waals surface area contributed by atoms with Crippen molar-refractivity contribution in [2.45, 2.75) is 25.3 Å². The van der Waals surface area contributed by atoms with E-state index in [1.165, 1.54) is 24.3 Å². The van der Waals surface area contributed by atoms with Crippen molar-refractivity contribution in [2.24, 2.45) is 5.92 Å². The van der Waals surface area contributed by atoms with Crippen LogP contribution in [0.5, 0.6) is 0 Å². The number of para-hydroxylation sites is 2. The van der Waals surface area contributed by atoms with Crippen LogP contribution in [0, 0.1) is 17.6 Å². The van der Waals surface area contributed by atoms with E-state index in [0.717, 1.165) is 54.6 Å². The molecule has 1 saturated heterocycles. The lowest BCUT2D eigenvalue weighted by Gasteiger charge is -2.36. The van der Waals surface area contributed by atoms with Gasteiger partial charge in [0.05, 0.1) is 11.0 Å².